The summed E-state index contributed by atoms with van der Waals surface area (Å²) in [5.41, 5.74) is 7.78. The van der Waals surface area contributed by atoms with Gasteiger partial charge in [-0.05, 0) is 59.8 Å². The molecule has 8 nitrogen and oxygen atoms in total. The molecule has 0 unspecified atom stereocenters. The summed E-state index contributed by atoms with van der Waals surface area (Å²) in [6, 6.07) is 13.4. The summed E-state index contributed by atoms with van der Waals surface area (Å²) >= 11 is 1.63. The monoisotopic (exact) mass is 609 g/mol. The highest BCUT2D eigenvalue weighted by Gasteiger charge is 2.32. The van der Waals surface area contributed by atoms with Gasteiger partial charge in [-0.1, -0.05) is 18.7 Å². The zero-order valence-corrected chi connectivity index (χ0v) is 25.2. The summed E-state index contributed by atoms with van der Waals surface area (Å²) in [6.45, 7) is 7.21. The molecule has 2 aliphatic heterocycles. The number of carbonyl (C=O) groups is 1. The molecule has 3 aromatic heterocycles. The lowest BCUT2D eigenvalue weighted by Crippen LogP contribution is -2.50. The fourth-order valence-electron chi connectivity index (χ4n) is 5.98. The molecule has 2 aliphatic rings. The largest absolute Gasteiger partial charge is 0.490 e. The highest BCUT2D eigenvalue weighted by Crippen LogP contribution is 2.46. The van der Waals surface area contributed by atoms with Gasteiger partial charge in [-0.2, -0.15) is 5.10 Å². The molecule has 44 heavy (non-hydrogen) atoms. The molecule has 1 saturated heterocycles. The van der Waals surface area contributed by atoms with Crippen LogP contribution in [0.25, 0.3) is 43.7 Å². The number of amides is 1. The quantitative estimate of drug-likeness (QED) is 0.166. The Labute approximate surface area is 258 Å². The Morgan fingerprint density at radius 1 is 1.14 bits per heavy atom. The summed E-state index contributed by atoms with van der Waals surface area (Å²) in [6.07, 6.45) is 6.12. The molecule has 0 saturated carbocycles. The second-order valence-electron chi connectivity index (χ2n) is 11.0. The standard InChI is InChI=1S/C34H32FN5O3S/c1-3-30(41)39-19-26(20-39)40-18-24(17-37-40)33-31(27-7-6-25(35)15-29(27)43-12-11-42-2)34-28(9-13-44-34)32(38-33)22-4-5-23-16-36-10-8-21(23)14-22/h3-7,9,13-15,17-18,26,36H,1,8,10-12,16,19-20H2,2H3. The average Bonchev–Trinajstić information content (AvgIpc) is 3.70. The number of nitrogens with zero attached hydrogens (tertiary/aromatic N) is 4. The van der Waals surface area contributed by atoms with E-state index >= 15 is 0 Å². The molecule has 0 radical (unpaired) electrons. The van der Waals surface area contributed by atoms with Crippen molar-refractivity contribution < 1.29 is 18.7 Å². The molecule has 1 amide bonds. The fourth-order valence-corrected chi connectivity index (χ4v) is 6.93. The Morgan fingerprint density at radius 2 is 2.02 bits per heavy atom. The maximum Gasteiger partial charge on any atom is 0.246 e. The van der Waals surface area contributed by atoms with E-state index in [4.69, 9.17) is 19.6 Å². The van der Waals surface area contributed by atoms with Gasteiger partial charge < -0.3 is 19.7 Å². The molecule has 7 rings (SSSR count). The van der Waals surface area contributed by atoms with E-state index in [-0.39, 0.29) is 24.4 Å². The maximum atomic E-state index is 14.5. The number of nitrogens with one attached hydrogen (secondary N) is 1. The van der Waals surface area contributed by atoms with Crippen LogP contribution in [-0.2, 0) is 22.5 Å². The van der Waals surface area contributed by atoms with E-state index in [0.717, 1.165) is 63.2 Å². The molecule has 0 aliphatic carbocycles. The number of hydrogen-bond acceptors (Lipinski definition) is 7. The summed E-state index contributed by atoms with van der Waals surface area (Å²) in [4.78, 5) is 19.1. The van der Waals surface area contributed by atoms with Gasteiger partial charge in [0, 0.05) is 71.3 Å². The zero-order chi connectivity index (χ0) is 30.2. The van der Waals surface area contributed by atoms with Crippen molar-refractivity contribution in [3.63, 3.8) is 0 Å². The Kier molecular flexibility index (Phi) is 7.71. The number of pyridine rings is 1. The normalized spacial score (nSPS) is 14.8. The van der Waals surface area contributed by atoms with Gasteiger partial charge in [-0.25, -0.2) is 9.37 Å². The third-order valence-corrected chi connectivity index (χ3v) is 9.26. The first-order valence-electron chi connectivity index (χ1n) is 14.7. The molecule has 10 heteroatoms. The number of methoxy groups -OCH3 is 1. The van der Waals surface area contributed by atoms with E-state index in [1.54, 1.807) is 29.4 Å². The van der Waals surface area contributed by atoms with Gasteiger partial charge in [-0.15, -0.1) is 11.3 Å². The van der Waals surface area contributed by atoms with Gasteiger partial charge in [0.1, 0.15) is 18.2 Å². The van der Waals surface area contributed by atoms with Gasteiger partial charge >= 0.3 is 0 Å². The topological polar surface area (TPSA) is 81.5 Å². The minimum atomic E-state index is -0.380. The molecule has 0 atom stereocenters. The fraction of sp³-hybridized carbons (Fsp3) is 0.265. The number of ether oxygens (including phenoxy) is 2. The predicted molar refractivity (Wildman–Crippen MR) is 170 cm³/mol. The highest BCUT2D eigenvalue weighted by atomic mass is 32.1. The highest BCUT2D eigenvalue weighted by molar-refractivity contribution is 7.18. The third-order valence-electron chi connectivity index (χ3n) is 8.33. The van der Waals surface area contributed by atoms with Gasteiger partial charge in [0.25, 0.3) is 0 Å². The number of halogens is 1. The van der Waals surface area contributed by atoms with Crippen LogP contribution >= 0.6 is 11.3 Å². The van der Waals surface area contributed by atoms with Crippen molar-refractivity contribution >= 4 is 27.3 Å². The lowest BCUT2D eigenvalue weighted by Gasteiger charge is -2.38. The molecule has 1 N–H and O–H groups in total. The van der Waals surface area contributed by atoms with Crippen molar-refractivity contribution in [2.75, 3.05) is 40.0 Å². The molecule has 2 aromatic carbocycles. The number of thiophene rings is 1. The van der Waals surface area contributed by atoms with Crippen LogP contribution in [0.5, 0.6) is 5.75 Å². The lowest BCUT2D eigenvalue weighted by atomic mass is 9.93. The van der Waals surface area contributed by atoms with E-state index < -0.39 is 0 Å². The predicted octanol–water partition coefficient (Wildman–Crippen LogP) is 5.87. The number of aromatic nitrogens is 3. The minimum absolute atomic E-state index is 0.0639. The molecular weight excluding hydrogens is 577 g/mol. The van der Waals surface area contributed by atoms with Gasteiger partial charge in [0.05, 0.1) is 30.2 Å². The van der Waals surface area contributed by atoms with Crippen LogP contribution in [0.2, 0.25) is 0 Å². The van der Waals surface area contributed by atoms with Crippen molar-refractivity contribution in [1.29, 1.82) is 0 Å². The van der Waals surface area contributed by atoms with Crippen LogP contribution < -0.4 is 10.1 Å². The smallest absolute Gasteiger partial charge is 0.246 e. The minimum Gasteiger partial charge on any atom is -0.490 e. The van der Waals surface area contributed by atoms with E-state index in [1.807, 2.05) is 17.1 Å². The van der Waals surface area contributed by atoms with Gasteiger partial charge in [-0.3, -0.25) is 9.48 Å². The van der Waals surface area contributed by atoms with Gasteiger partial charge in [0.15, 0.2) is 0 Å². The molecule has 5 heterocycles. The Morgan fingerprint density at radius 3 is 2.86 bits per heavy atom. The van der Waals surface area contributed by atoms with Crippen molar-refractivity contribution in [2.24, 2.45) is 0 Å². The Balaban J connectivity index is 1.39. The van der Waals surface area contributed by atoms with Crippen molar-refractivity contribution in [3.8, 4) is 39.4 Å². The first kappa shape index (κ1) is 28.4. The van der Waals surface area contributed by atoms with E-state index in [9.17, 15) is 9.18 Å². The van der Waals surface area contributed by atoms with E-state index in [0.29, 0.717) is 25.4 Å². The number of hydrogen-bond donors (Lipinski definition) is 1. The molecule has 5 aromatic rings. The average molecular weight is 610 g/mol. The number of likely N-dealkylation sites (tertiary alicyclic amines) is 1. The van der Waals surface area contributed by atoms with E-state index in [1.165, 1.54) is 29.3 Å². The second-order valence-corrected chi connectivity index (χ2v) is 12.0. The van der Waals surface area contributed by atoms with E-state index in [2.05, 4.69) is 41.5 Å². The summed E-state index contributed by atoms with van der Waals surface area (Å²) in [5, 5.41) is 11.2. The lowest BCUT2D eigenvalue weighted by molar-refractivity contribution is -0.131. The molecule has 0 bridgehead atoms. The number of rotatable bonds is 9. The summed E-state index contributed by atoms with van der Waals surface area (Å²) < 4.78 is 28.7. The van der Waals surface area contributed by atoms with Crippen LogP contribution in [0.3, 0.4) is 0 Å². The first-order chi connectivity index (χ1) is 21.5. The molecule has 224 valence electrons. The van der Waals surface area contributed by atoms with Crippen LogP contribution in [0.15, 0.2) is 72.9 Å². The molecule has 1 fully saturated rings. The Bertz CT molecular complexity index is 1880. The summed E-state index contributed by atoms with van der Waals surface area (Å²) in [5.74, 6) is -0.0305. The van der Waals surface area contributed by atoms with Crippen LogP contribution in [-0.4, -0.2) is 65.5 Å². The SMILES string of the molecule is C=CC(=O)N1CC(n2cc(-c3nc(-c4ccc5c(c4)CCNC5)c4ccsc4c3-c3ccc(F)cc3OCCOC)cn2)C1. The van der Waals surface area contributed by atoms with Crippen molar-refractivity contribution in [3.05, 3.63) is 89.8 Å². The number of benzene rings is 2. The number of fused-ring (bicyclic) bond motifs is 2. The van der Waals surface area contributed by atoms with Crippen LogP contribution in [0, 0.1) is 5.82 Å². The third kappa shape index (κ3) is 5.19. The number of carbonyl (C=O) groups excluding carboxylic acids is 1. The Hall–Kier alpha value is -4.38. The molecule has 0 spiro atoms. The van der Waals surface area contributed by atoms with Gasteiger partial charge in [0.2, 0.25) is 5.91 Å². The maximum absolute atomic E-state index is 14.5. The van der Waals surface area contributed by atoms with Crippen LogP contribution in [0.4, 0.5) is 4.39 Å². The zero-order valence-electron chi connectivity index (χ0n) is 24.4. The van der Waals surface area contributed by atoms with Crippen molar-refractivity contribution in [1.82, 2.24) is 25.0 Å². The second kappa shape index (κ2) is 12.0. The van der Waals surface area contributed by atoms with Crippen LogP contribution in [0.1, 0.15) is 17.2 Å². The summed E-state index contributed by atoms with van der Waals surface area (Å²) in [7, 11) is 1.61. The molecular formula is C34H32FN5O3S. The first-order valence-corrected chi connectivity index (χ1v) is 15.5. The van der Waals surface area contributed by atoms with Crippen molar-refractivity contribution in [2.45, 2.75) is 19.0 Å².